The van der Waals surface area contributed by atoms with Gasteiger partial charge in [-0.1, -0.05) is 48.0 Å². The predicted molar refractivity (Wildman–Crippen MR) is 126 cm³/mol. The van der Waals surface area contributed by atoms with Crippen LogP contribution in [0.15, 0.2) is 53.4 Å². The van der Waals surface area contributed by atoms with Gasteiger partial charge < -0.3 is 4.74 Å². The molecule has 0 radical (unpaired) electrons. The number of thioether (sulfide) groups is 1. The second kappa shape index (κ2) is 9.36. The zero-order valence-corrected chi connectivity index (χ0v) is 20.2. The van der Waals surface area contributed by atoms with E-state index in [1.165, 1.54) is 17.8 Å². The summed E-state index contributed by atoms with van der Waals surface area (Å²) in [5, 5.41) is 0.0630. The van der Waals surface area contributed by atoms with Crippen molar-refractivity contribution in [3.63, 3.8) is 0 Å². The monoisotopic (exact) mass is 479 g/mol. The fourth-order valence-electron chi connectivity index (χ4n) is 3.45. The largest absolute Gasteiger partial charge is 0.488 e. The van der Waals surface area contributed by atoms with Gasteiger partial charge in [0.05, 0.1) is 21.7 Å². The van der Waals surface area contributed by atoms with Gasteiger partial charge in [0.1, 0.15) is 12.4 Å². The Morgan fingerprint density at radius 2 is 1.69 bits per heavy atom. The molecule has 0 unspecified atom stereocenters. The second-order valence-corrected chi connectivity index (χ2v) is 9.39. The number of hydrogen-bond donors (Lipinski definition) is 0. The van der Waals surface area contributed by atoms with Crippen LogP contribution >= 0.6 is 23.4 Å². The number of hydrogen-bond acceptors (Lipinski definition) is 3. The molecule has 2 aromatic carbocycles. The molecule has 0 atom stereocenters. The summed E-state index contributed by atoms with van der Waals surface area (Å²) < 4.78 is 46.8. The highest BCUT2D eigenvalue weighted by Crippen LogP contribution is 2.45. The molecule has 0 N–H and O–H groups in total. The van der Waals surface area contributed by atoms with E-state index >= 15 is 0 Å². The lowest BCUT2D eigenvalue weighted by Gasteiger charge is -2.30. The average Bonchev–Trinajstić information content (AvgIpc) is 2.73. The summed E-state index contributed by atoms with van der Waals surface area (Å²) in [4.78, 5) is 5.61. The van der Waals surface area contributed by atoms with E-state index in [-0.39, 0.29) is 10.6 Å². The fraction of sp³-hybridized carbons (Fsp3) is 0.320. The van der Waals surface area contributed by atoms with Crippen molar-refractivity contribution in [2.75, 3.05) is 6.26 Å². The van der Waals surface area contributed by atoms with E-state index in [0.717, 1.165) is 30.0 Å². The van der Waals surface area contributed by atoms with Gasteiger partial charge in [0.25, 0.3) is 0 Å². The summed E-state index contributed by atoms with van der Waals surface area (Å²) in [6, 6.07) is 14.7. The quantitative estimate of drug-likeness (QED) is 0.333. The van der Waals surface area contributed by atoms with Gasteiger partial charge in [0, 0.05) is 16.7 Å². The predicted octanol–water partition coefficient (Wildman–Crippen LogP) is 8.16. The zero-order valence-electron chi connectivity index (χ0n) is 18.6. The SMILES string of the molecule is CSc1c(OCc2ccccc2)cc(-c2cc(Cl)c(C(C)(C)C(F)(F)F)cc2C)nc1C. The van der Waals surface area contributed by atoms with E-state index in [0.29, 0.717) is 29.2 Å². The molecule has 0 aliphatic carbocycles. The molecule has 7 heteroatoms. The number of alkyl halides is 3. The van der Waals surface area contributed by atoms with Crippen LogP contribution in [0.5, 0.6) is 5.75 Å². The standard InChI is InChI=1S/C25H25ClF3NOS/c1-15-11-19(24(3,4)25(27,28)29)20(26)12-18(15)21-13-22(23(32-5)16(2)30-21)31-14-17-9-7-6-8-10-17/h6-13H,14H2,1-5H3. The van der Waals surface area contributed by atoms with Gasteiger partial charge in [-0.3, -0.25) is 4.98 Å². The maximum absolute atomic E-state index is 13.6. The molecular weight excluding hydrogens is 455 g/mol. The van der Waals surface area contributed by atoms with Gasteiger partial charge in [-0.25, -0.2) is 0 Å². The summed E-state index contributed by atoms with van der Waals surface area (Å²) >= 11 is 7.90. The van der Waals surface area contributed by atoms with Crippen molar-refractivity contribution in [1.29, 1.82) is 0 Å². The molecule has 0 bridgehead atoms. The highest BCUT2D eigenvalue weighted by Gasteiger charge is 2.49. The van der Waals surface area contributed by atoms with E-state index in [2.05, 4.69) is 0 Å². The number of benzene rings is 2. The van der Waals surface area contributed by atoms with Crippen molar-refractivity contribution in [2.45, 2.75) is 50.8 Å². The lowest BCUT2D eigenvalue weighted by Crippen LogP contribution is -2.36. The minimum atomic E-state index is -4.42. The molecule has 0 fully saturated rings. The summed E-state index contributed by atoms with van der Waals surface area (Å²) in [6.45, 7) is 6.33. The normalized spacial score (nSPS) is 12.2. The van der Waals surface area contributed by atoms with Crippen LogP contribution in [0.1, 0.15) is 36.2 Å². The molecule has 0 aliphatic rings. The molecule has 3 aromatic rings. The lowest BCUT2D eigenvalue weighted by molar-refractivity contribution is -0.180. The van der Waals surface area contributed by atoms with Crippen molar-refractivity contribution >= 4 is 23.4 Å². The van der Waals surface area contributed by atoms with E-state index in [1.807, 2.05) is 49.6 Å². The molecule has 170 valence electrons. The van der Waals surface area contributed by atoms with Crippen LogP contribution in [0, 0.1) is 13.8 Å². The Bertz CT molecular complexity index is 1110. The molecule has 0 saturated carbocycles. The first-order chi connectivity index (χ1) is 15.0. The van der Waals surface area contributed by atoms with Gasteiger partial charge in [-0.15, -0.1) is 11.8 Å². The molecule has 0 spiro atoms. The highest BCUT2D eigenvalue weighted by atomic mass is 35.5. The summed E-state index contributed by atoms with van der Waals surface area (Å²) in [5.74, 6) is 0.680. The first-order valence-electron chi connectivity index (χ1n) is 10.1. The number of aryl methyl sites for hydroxylation is 2. The Hall–Kier alpha value is -2.18. The van der Waals surface area contributed by atoms with E-state index in [1.54, 1.807) is 13.0 Å². The topological polar surface area (TPSA) is 22.1 Å². The number of rotatable bonds is 6. The van der Waals surface area contributed by atoms with Crippen LogP contribution in [0.2, 0.25) is 5.02 Å². The maximum Gasteiger partial charge on any atom is 0.397 e. The molecule has 1 heterocycles. The van der Waals surface area contributed by atoms with E-state index in [9.17, 15) is 13.2 Å². The Labute approximate surface area is 196 Å². The summed E-state index contributed by atoms with van der Waals surface area (Å²) in [5.41, 5.74) is 1.76. The Kier molecular flexibility index (Phi) is 7.15. The molecule has 1 aromatic heterocycles. The van der Waals surface area contributed by atoms with Gasteiger partial charge in [-0.05, 0) is 56.7 Å². The molecule has 2 nitrogen and oxygen atoms in total. The van der Waals surface area contributed by atoms with Gasteiger partial charge in [-0.2, -0.15) is 13.2 Å². The minimum absolute atomic E-state index is 0.0472. The Morgan fingerprint density at radius 1 is 1.03 bits per heavy atom. The van der Waals surface area contributed by atoms with Crippen molar-refractivity contribution in [1.82, 2.24) is 4.98 Å². The first-order valence-corrected chi connectivity index (χ1v) is 11.7. The molecule has 3 rings (SSSR count). The number of ether oxygens (including phenoxy) is 1. The molecule has 0 amide bonds. The highest BCUT2D eigenvalue weighted by molar-refractivity contribution is 7.98. The lowest BCUT2D eigenvalue weighted by atomic mass is 9.82. The van der Waals surface area contributed by atoms with E-state index < -0.39 is 11.6 Å². The number of nitrogens with zero attached hydrogens (tertiary/aromatic N) is 1. The third-order valence-electron chi connectivity index (χ3n) is 5.52. The van der Waals surface area contributed by atoms with Gasteiger partial charge in [0.15, 0.2) is 0 Å². The summed E-state index contributed by atoms with van der Waals surface area (Å²) in [6.07, 6.45) is -2.47. The van der Waals surface area contributed by atoms with Crippen LogP contribution in [-0.4, -0.2) is 17.4 Å². The molecule has 32 heavy (non-hydrogen) atoms. The van der Waals surface area contributed by atoms with Crippen molar-refractivity contribution in [3.05, 3.63) is 75.9 Å². The maximum atomic E-state index is 13.6. The fourth-order valence-corrected chi connectivity index (χ4v) is 4.51. The average molecular weight is 480 g/mol. The van der Waals surface area contributed by atoms with Crippen molar-refractivity contribution in [3.8, 4) is 17.0 Å². The Balaban J connectivity index is 2.04. The second-order valence-electron chi connectivity index (χ2n) is 8.17. The van der Waals surface area contributed by atoms with E-state index in [4.69, 9.17) is 21.3 Å². The first kappa shape index (κ1) is 24.5. The minimum Gasteiger partial charge on any atom is -0.488 e. The van der Waals surface area contributed by atoms with Crippen LogP contribution < -0.4 is 4.74 Å². The van der Waals surface area contributed by atoms with Crippen molar-refractivity contribution in [2.24, 2.45) is 0 Å². The number of aromatic nitrogens is 1. The van der Waals surface area contributed by atoms with Gasteiger partial charge in [0.2, 0.25) is 0 Å². The molecule has 0 saturated heterocycles. The third kappa shape index (κ3) is 4.91. The number of pyridine rings is 1. The molecular formula is C25H25ClF3NOS. The third-order valence-corrected chi connectivity index (χ3v) is 6.74. The van der Waals surface area contributed by atoms with Gasteiger partial charge >= 0.3 is 6.18 Å². The van der Waals surface area contributed by atoms with Crippen LogP contribution in [-0.2, 0) is 12.0 Å². The Morgan fingerprint density at radius 3 is 2.28 bits per heavy atom. The van der Waals surface area contributed by atoms with Crippen molar-refractivity contribution < 1.29 is 17.9 Å². The smallest absolute Gasteiger partial charge is 0.397 e. The zero-order chi connectivity index (χ0) is 23.7. The van der Waals surface area contributed by atoms with Crippen LogP contribution in [0.4, 0.5) is 13.2 Å². The number of halogens is 4. The van der Waals surface area contributed by atoms with Crippen LogP contribution in [0.3, 0.4) is 0 Å². The summed E-state index contributed by atoms with van der Waals surface area (Å²) in [7, 11) is 0. The molecule has 0 aliphatic heterocycles. The van der Waals surface area contributed by atoms with Crippen LogP contribution in [0.25, 0.3) is 11.3 Å².